The zero-order valence-corrected chi connectivity index (χ0v) is 28.9. The fourth-order valence-electron chi connectivity index (χ4n) is 6.09. The lowest BCUT2D eigenvalue weighted by atomic mass is 9.94. The van der Waals surface area contributed by atoms with Gasteiger partial charge in [-0.05, 0) is 73.6 Å². The molecule has 12 nitrogen and oxygen atoms in total. The third-order valence-corrected chi connectivity index (χ3v) is 8.97. The normalized spacial score (nSPS) is 11.4. The molecule has 0 aliphatic rings. The number of nitrogens with one attached hydrogen (secondary N) is 3. The van der Waals surface area contributed by atoms with Gasteiger partial charge in [-0.2, -0.15) is 9.97 Å². The van der Waals surface area contributed by atoms with Crippen LogP contribution in [0, 0.1) is 0 Å². The van der Waals surface area contributed by atoms with Crippen LogP contribution in [0.3, 0.4) is 0 Å². The summed E-state index contributed by atoms with van der Waals surface area (Å²) in [5.41, 5.74) is 24.2. The van der Waals surface area contributed by atoms with Gasteiger partial charge in [0.1, 0.15) is 17.1 Å². The molecule has 0 amide bonds. The minimum absolute atomic E-state index is 0.295. The quantitative estimate of drug-likeness (QED) is 0.0873. The number of nitrogens with zero attached hydrogens (tertiary/aromatic N) is 6. The highest BCUT2D eigenvalue weighted by molar-refractivity contribution is 5.88. The average Bonchev–Trinajstić information content (AvgIpc) is 3.79. The summed E-state index contributed by atoms with van der Waals surface area (Å²) in [6.45, 7) is 13.1. The molecule has 6 heterocycles. The van der Waals surface area contributed by atoms with Crippen LogP contribution in [0.4, 0.5) is 23.4 Å². The summed E-state index contributed by atoms with van der Waals surface area (Å²) < 4.78 is 2.07. The number of aromatic amines is 2. The molecule has 0 atom stereocenters. The lowest BCUT2D eigenvalue weighted by Crippen LogP contribution is -2.18. The molecule has 6 rings (SSSR count). The third kappa shape index (κ3) is 8.11. The van der Waals surface area contributed by atoms with Crippen LogP contribution >= 0.6 is 0 Å². The highest BCUT2D eigenvalue weighted by Gasteiger charge is 2.16. The van der Waals surface area contributed by atoms with Gasteiger partial charge in [0, 0.05) is 37.1 Å². The molecular formula is C35H52N12. The maximum Gasteiger partial charge on any atom is 0.223 e. The first kappa shape index (κ1) is 35.0. The first-order valence-electron chi connectivity index (χ1n) is 16.8. The van der Waals surface area contributed by atoms with Gasteiger partial charge in [0.05, 0.1) is 34.5 Å². The van der Waals surface area contributed by atoms with Crippen molar-refractivity contribution in [3.05, 3.63) is 54.2 Å². The summed E-state index contributed by atoms with van der Waals surface area (Å²) in [5, 5.41) is 5.55. The molecule has 0 radical (unpaired) electrons. The van der Waals surface area contributed by atoms with Crippen molar-refractivity contribution in [2.24, 2.45) is 7.05 Å². The minimum Gasteiger partial charge on any atom is -0.397 e. The number of anilines is 4. The summed E-state index contributed by atoms with van der Waals surface area (Å²) in [4.78, 5) is 27.3. The Kier molecular flexibility index (Phi) is 12.0. The number of fused-ring (bicyclic) bond motifs is 3. The van der Waals surface area contributed by atoms with Crippen molar-refractivity contribution >= 4 is 56.5 Å². The van der Waals surface area contributed by atoms with Crippen LogP contribution < -0.4 is 22.5 Å². The second-order valence-corrected chi connectivity index (χ2v) is 11.9. The highest BCUT2D eigenvalue weighted by Crippen LogP contribution is 2.31. The first-order chi connectivity index (χ1) is 22.7. The summed E-state index contributed by atoms with van der Waals surface area (Å²) in [5.74, 6) is 2.62. The van der Waals surface area contributed by atoms with Gasteiger partial charge in [-0.3, -0.25) is 0 Å². The summed E-state index contributed by atoms with van der Waals surface area (Å²) >= 11 is 0. The van der Waals surface area contributed by atoms with E-state index < -0.39 is 0 Å². The van der Waals surface area contributed by atoms with Gasteiger partial charge >= 0.3 is 0 Å². The zero-order valence-electron chi connectivity index (χ0n) is 28.9. The Morgan fingerprint density at radius 2 is 1.43 bits per heavy atom. The van der Waals surface area contributed by atoms with E-state index >= 15 is 0 Å². The Bertz CT molecular complexity index is 1860. The van der Waals surface area contributed by atoms with Gasteiger partial charge in [0.2, 0.25) is 11.9 Å². The molecule has 0 aliphatic carbocycles. The third-order valence-electron chi connectivity index (χ3n) is 8.97. The molecular weight excluding hydrogens is 588 g/mol. The van der Waals surface area contributed by atoms with E-state index in [9.17, 15) is 0 Å². The van der Waals surface area contributed by atoms with Crippen LogP contribution in [0.15, 0.2) is 43.1 Å². The second-order valence-electron chi connectivity index (χ2n) is 11.9. The fraction of sp³-hybridized carbons (Fsp3) is 0.457. The summed E-state index contributed by atoms with van der Waals surface area (Å²) in [6.07, 6.45) is 16.2. The van der Waals surface area contributed by atoms with Crippen molar-refractivity contribution in [1.82, 2.24) is 39.5 Å². The number of hydrogen-bond donors (Lipinski definition) is 6. The molecule has 9 N–H and O–H groups in total. The molecule has 0 aliphatic heterocycles. The molecule has 12 heteroatoms. The van der Waals surface area contributed by atoms with Crippen LogP contribution in [0.5, 0.6) is 0 Å². The standard InChI is InChI=1S/C12H18N4.C12H17N3.C11H17N5/c1-4-8(5-2)9-7-16(3)10-6-14-12(13)15-11(9)10;1-3-8(4-2)11-7-15-12-10(11)5-9(13)6-14-12;1-3-7(4-2)14-10-8-5-6-13-9(8)15-11(12)16-10/h6-8H,4-5H2,1-3H3,(H2,13,14,15);5-8H,3-4,13H2,1-2H3,(H,14,15);5-7H,3-4H2,1-2H3,(H4,12,13,14,15,16). The Labute approximate surface area is 277 Å². The Balaban J connectivity index is 0.000000160. The van der Waals surface area contributed by atoms with Crippen molar-refractivity contribution in [2.45, 2.75) is 97.9 Å². The van der Waals surface area contributed by atoms with Gasteiger partial charge in [0.25, 0.3) is 0 Å². The van der Waals surface area contributed by atoms with Gasteiger partial charge in [-0.25, -0.2) is 15.0 Å². The predicted octanol–water partition coefficient (Wildman–Crippen LogP) is 7.64. The maximum absolute atomic E-state index is 5.76. The number of aryl methyl sites for hydroxylation is 1. The van der Waals surface area contributed by atoms with Crippen molar-refractivity contribution in [1.29, 1.82) is 0 Å². The van der Waals surface area contributed by atoms with E-state index in [4.69, 9.17) is 17.2 Å². The van der Waals surface area contributed by atoms with Crippen molar-refractivity contribution in [3.8, 4) is 0 Å². The molecule has 0 saturated carbocycles. The Morgan fingerprint density at radius 1 is 0.745 bits per heavy atom. The van der Waals surface area contributed by atoms with Crippen LogP contribution in [0.25, 0.3) is 33.1 Å². The minimum atomic E-state index is 0.295. The van der Waals surface area contributed by atoms with E-state index in [1.54, 1.807) is 12.4 Å². The van der Waals surface area contributed by atoms with E-state index in [1.165, 1.54) is 16.5 Å². The van der Waals surface area contributed by atoms with E-state index in [2.05, 4.69) is 98.7 Å². The molecule has 47 heavy (non-hydrogen) atoms. The SMILES string of the molecule is CCC(CC)Nc1nc(N)nc2[nH]ccc12.CCC(CC)c1c[nH]c2ncc(N)cc12.CCC(CC)c1cn(C)c2cnc(N)nc12. The molecule has 0 bridgehead atoms. The van der Waals surface area contributed by atoms with Gasteiger partial charge in [0.15, 0.2) is 0 Å². The molecule has 6 aromatic heterocycles. The Morgan fingerprint density at radius 3 is 2.09 bits per heavy atom. The smallest absolute Gasteiger partial charge is 0.223 e. The van der Waals surface area contributed by atoms with Crippen LogP contribution in [0.2, 0.25) is 0 Å². The maximum atomic E-state index is 5.76. The van der Waals surface area contributed by atoms with E-state index in [-0.39, 0.29) is 0 Å². The number of rotatable bonds is 10. The number of pyridine rings is 1. The summed E-state index contributed by atoms with van der Waals surface area (Å²) in [7, 11) is 2.02. The number of aromatic nitrogens is 8. The molecule has 0 fully saturated rings. The first-order valence-corrected chi connectivity index (χ1v) is 16.8. The fourth-order valence-corrected chi connectivity index (χ4v) is 6.09. The van der Waals surface area contributed by atoms with Gasteiger partial charge in [-0.15, -0.1) is 0 Å². The van der Waals surface area contributed by atoms with Crippen molar-refractivity contribution in [2.75, 3.05) is 22.5 Å². The van der Waals surface area contributed by atoms with E-state index in [0.29, 0.717) is 29.8 Å². The molecule has 0 aromatic carbocycles. The van der Waals surface area contributed by atoms with Gasteiger partial charge in [-0.1, -0.05) is 41.5 Å². The molecule has 0 unspecified atom stereocenters. The van der Waals surface area contributed by atoms with Crippen LogP contribution in [-0.4, -0.2) is 45.5 Å². The van der Waals surface area contributed by atoms with Crippen LogP contribution in [0.1, 0.15) is 103 Å². The van der Waals surface area contributed by atoms with Gasteiger partial charge < -0.3 is 37.1 Å². The molecule has 0 spiro atoms. The lowest BCUT2D eigenvalue weighted by Gasteiger charge is -2.16. The lowest BCUT2D eigenvalue weighted by molar-refractivity contribution is 0.643. The zero-order chi connectivity index (χ0) is 34.1. The van der Waals surface area contributed by atoms with Crippen LogP contribution in [-0.2, 0) is 7.05 Å². The Hall–Kier alpha value is -4.87. The number of hydrogen-bond acceptors (Lipinski definition) is 9. The monoisotopic (exact) mass is 640 g/mol. The van der Waals surface area contributed by atoms with Crippen molar-refractivity contribution < 1.29 is 0 Å². The number of nitrogen functional groups attached to an aromatic ring is 3. The highest BCUT2D eigenvalue weighted by atomic mass is 15.1. The molecule has 252 valence electrons. The van der Waals surface area contributed by atoms with E-state index in [0.717, 1.165) is 77.7 Å². The number of H-pyrrole nitrogens is 2. The average molecular weight is 641 g/mol. The second kappa shape index (κ2) is 16.1. The molecule has 6 aromatic rings. The topological polar surface area (TPSA) is 191 Å². The largest absolute Gasteiger partial charge is 0.397 e. The predicted molar refractivity (Wildman–Crippen MR) is 196 cm³/mol. The number of nitrogens with two attached hydrogens (primary N) is 3. The van der Waals surface area contributed by atoms with Crippen molar-refractivity contribution in [3.63, 3.8) is 0 Å². The van der Waals surface area contributed by atoms with E-state index in [1.807, 2.05) is 25.4 Å². The molecule has 0 saturated heterocycles. The summed E-state index contributed by atoms with van der Waals surface area (Å²) in [6, 6.07) is 4.39.